The second-order valence-corrected chi connectivity index (χ2v) is 7.54. The van der Waals surface area contributed by atoms with E-state index in [0.717, 1.165) is 35.3 Å². The lowest BCUT2D eigenvalue weighted by Crippen LogP contribution is -2.48. The first-order valence-corrected chi connectivity index (χ1v) is 10.00. The number of carbonyl (C=O) groups is 2. The third-order valence-corrected chi connectivity index (χ3v) is 5.45. The third-order valence-electron chi connectivity index (χ3n) is 5.45. The normalized spacial score (nSPS) is 15.1. The van der Waals surface area contributed by atoms with Crippen molar-refractivity contribution in [3.63, 3.8) is 0 Å². The molecule has 2 aromatic carbocycles. The minimum atomic E-state index is -0.680. The minimum Gasteiger partial charge on any atom is -0.496 e. The summed E-state index contributed by atoms with van der Waals surface area (Å²) in [6.07, 6.45) is 1.77. The van der Waals surface area contributed by atoms with Crippen molar-refractivity contribution in [2.24, 2.45) is 5.73 Å². The van der Waals surface area contributed by atoms with E-state index >= 15 is 0 Å². The molecular formula is C23H30ClN3O3. The number of ether oxygens (including phenoxy) is 1. The summed E-state index contributed by atoms with van der Waals surface area (Å²) in [6.45, 7) is 3.25. The van der Waals surface area contributed by atoms with Crippen LogP contribution >= 0.6 is 12.4 Å². The molecule has 0 radical (unpaired) electrons. The van der Waals surface area contributed by atoms with Crippen LogP contribution in [0.25, 0.3) is 0 Å². The highest BCUT2D eigenvalue weighted by atomic mass is 35.5. The molecule has 1 fully saturated rings. The predicted molar refractivity (Wildman–Crippen MR) is 120 cm³/mol. The van der Waals surface area contributed by atoms with E-state index in [0.29, 0.717) is 19.5 Å². The summed E-state index contributed by atoms with van der Waals surface area (Å²) in [5.41, 5.74) is 8.93. The van der Waals surface area contributed by atoms with E-state index in [1.54, 1.807) is 7.11 Å². The average Bonchev–Trinajstić information content (AvgIpc) is 2.74. The van der Waals surface area contributed by atoms with E-state index in [2.05, 4.69) is 5.32 Å². The maximum Gasteiger partial charge on any atom is 0.241 e. The quantitative estimate of drug-likeness (QED) is 0.736. The monoisotopic (exact) mass is 431 g/mol. The van der Waals surface area contributed by atoms with Crippen molar-refractivity contribution in [2.45, 2.75) is 38.3 Å². The average molecular weight is 432 g/mol. The summed E-state index contributed by atoms with van der Waals surface area (Å²) in [5.74, 6) is 0.636. The standard InChI is InChI=1S/C23H29N3O3.ClH/c1-16-7-9-17(10-8-16)22(24)23(28)25-19-11-13-26(14-12-19)21(27)15-18-5-3-4-6-20(18)29-2;/h3-10,19,22H,11-15,24H2,1-2H3,(H,25,28);1H. The highest BCUT2D eigenvalue weighted by Gasteiger charge is 2.26. The maximum absolute atomic E-state index is 12.6. The maximum atomic E-state index is 12.6. The number of hydrogen-bond acceptors (Lipinski definition) is 4. The molecule has 1 saturated heterocycles. The lowest BCUT2D eigenvalue weighted by molar-refractivity contribution is -0.131. The molecule has 0 aliphatic carbocycles. The van der Waals surface area contributed by atoms with Gasteiger partial charge in [0.2, 0.25) is 11.8 Å². The summed E-state index contributed by atoms with van der Waals surface area (Å²) >= 11 is 0. The van der Waals surface area contributed by atoms with Gasteiger partial charge in [-0.1, -0.05) is 48.0 Å². The zero-order valence-electron chi connectivity index (χ0n) is 17.5. The van der Waals surface area contributed by atoms with E-state index < -0.39 is 6.04 Å². The number of nitrogens with one attached hydrogen (secondary N) is 1. The number of carbonyl (C=O) groups excluding carboxylic acids is 2. The molecule has 30 heavy (non-hydrogen) atoms. The van der Waals surface area contributed by atoms with Crippen molar-refractivity contribution in [2.75, 3.05) is 20.2 Å². The van der Waals surface area contributed by atoms with Gasteiger partial charge in [-0.15, -0.1) is 12.4 Å². The Hall–Kier alpha value is -2.57. The summed E-state index contributed by atoms with van der Waals surface area (Å²) in [6, 6.07) is 14.6. The number of benzene rings is 2. The number of amides is 2. The molecule has 1 aliphatic heterocycles. The van der Waals surface area contributed by atoms with Crippen molar-refractivity contribution in [1.29, 1.82) is 0 Å². The van der Waals surface area contributed by atoms with Crippen LogP contribution in [0.5, 0.6) is 5.75 Å². The molecule has 2 amide bonds. The van der Waals surface area contributed by atoms with E-state index in [-0.39, 0.29) is 30.3 Å². The van der Waals surface area contributed by atoms with Gasteiger partial charge in [0.05, 0.1) is 13.5 Å². The molecule has 0 bridgehead atoms. The van der Waals surface area contributed by atoms with Gasteiger partial charge in [0.15, 0.2) is 0 Å². The topological polar surface area (TPSA) is 84.7 Å². The Balaban J connectivity index is 0.00000320. The first-order chi connectivity index (χ1) is 14.0. The van der Waals surface area contributed by atoms with Crippen molar-refractivity contribution in [3.8, 4) is 5.75 Å². The molecule has 162 valence electrons. The van der Waals surface area contributed by atoms with Crippen LogP contribution in [0, 0.1) is 6.92 Å². The van der Waals surface area contributed by atoms with Crippen molar-refractivity contribution in [1.82, 2.24) is 10.2 Å². The zero-order valence-corrected chi connectivity index (χ0v) is 18.3. The Morgan fingerprint density at radius 2 is 1.77 bits per heavy atom. The number of piperidine rings is 1. The van der Waals surface area contributed by atoms with Crippen molar-refractivity contribution < 1.29 is 14.3 Å². The minimum absolute atomic E-state index is 0. The van der Waals surface area contributed by atoms with E-state index in [1.165, 1.54) is 0 Å². The molecule has 1 atom stereocenters. The zero-order chi connectivity index (χ0) is 20.8. The Kier molecular flexibility index (Phi) is 8.69. The van der Waals surface area contributed by atoms with Gasteiger partial charge in [0.1, 0.15) is 11.8 Å². The number of nitrogens with two attached hydrogens (primary N) is 1. The van der Waals surface area contributed by atoms with Gasteiger partial charge in [0, 0.05) is 24.7 Å². The number of nitrogens with zero attached hydrogens (tertiary/aromatic N) is 1. The smallest absolute Gasteiger partial charge is 0.241 e. The molecule has 6 nitrogen and oxygen atoms in total. The SMILES string of the molecule is COc1ccccc1CC(=O)N1CCC(NC(=O)C(N)c2ccc(C)cc2)CC1.Cl. The number of aryl methyl sites for hydroxylation is 1. The van der Waals surface area contributed by atoms with Crippen LogP contribution in [0.4, 0.5) is 0 Å². The van der Waals surface area contributed by atoms with Crippen molar-refractivity contribution in [3.05, 3.63) is 65.2 Å². The fraction of sp³-hybridized carbons (Fsp3) is 0.391. The molecule has 1 aliphatic rings. The Morgan fingerprint density at radius 3 is 2.40 bits per heavy atom. The number of hydrogen-bond donors (Lipinski definition) is 2. The molecule has 7 heteroatoms. The molecule has 0 aromatic heterocycles. The van der Waals surface area contributed by atoms with Gasteiger partial charge in [0.25, 0.3) is 0 Å². The van der Waals surface area contributed by atoms with Gasteiger partial charge >= 0.3 is 0 Å². The third kappa shape index (κ3) is 5.97. The highest BCUT2D eigenvalue weighted by molar-refractivity contribution is 5.85. The second-order valence-electron chi connectivity index (χ2n) is 7.54. The summed E-state index contributed by atoms with van der Waals surface area (Å²) in [7, 11) is 1.61. The van der Waals surface area contributed by atoms with Gasteiger partial charge in [-0.05, 0) is 31.4 Å². The summed E-state index contributed by atoms with van der Waals surface area (Å²) in [5, 5.41) is 3.04. The summed E-state index contributed by atoms with van der Waals surface area (Å²) in [4.78, 5) is 27.0. The molecular weight excluding hydrogens is 402 g/mol. The Labute approximate surface area is 184 Å². The molecule has 1 heterocycles. The van der Waals surface area contributed by atoms with E-state index in [4.69, 9.17) is 10.5 Å². The first-order valence-electron chi connectivity index (χ1n) is 10.00. The number of para-hydroxylation sites is 1. The fourth-order valence-corrected chi connectivity index (χ4v) is 3.61. The predicted octanol–water partition coefficient (Wildman–Crippen LogP) is 2.78. The van der Waals surface area contributed by atoms with Gasteiger partial charge in [-0.2, -0.15) is 0 Å². The summed E-state index contributed by atoms with van der Waals surface area (Å²) < 4.78 is 5.33. The van der Waals surface area contributed by atoms with Crippen LogP contribution in [0.3, 0.4) is 0 Å². The lowest BCUT2D eigenvalue weighted by Gasteiger charge is -2.33. The lowest BCUT2D eigenvalue weighted by atomic mass is 10.0. The first kappa shape index (κ1) is 23.7. The van der Waals surface area contributed by atoms with E-state index in [9.17, 15) is 9.59 Å². The second kappa shape index (κ2) is 11.0. The number of halogens is 1. The van der Waals surface area contributed by atoms with Crippen LogP contribution in [0.1, 0.15) is 35.6 Å². The fourth-order valence-electron chi connectivity index (χ4n) is 3.61. The van der Waals surface area contributed by atoms with Gasteiger partial charge in [-0.3, -0.25) is 9.59 Å². The Bertz CT molecular complexity index is 849. The highest BCUT2D eigenvalue weighted by Crippen LogP contribution is 2.20. The van der Waals surface area contributed by atoms with Crippen LogP contribution in [-0.2, 0) is 16.0 Å². The molecule has 1 unspecified atom stereocenters. The number of methoxy groups -OCH3 is 1. The molecule has 2 aromatic rings. The largest absolute Gasteiger partial charge is 0.496 e. The molecule has 0 spiro atoms. The van der Waals surface area contributed by atoms with E-state index in [1.807, 2.05) is 60.4 Å². The molecule has 3 N–H and O–H groups in total. The van der Waals surface area contributed by atoms with Crippen molar-refractivity contribution >= 4 is 24.2 Å². The van der Waals surface area contributed by atoms with Gasteiger partial charge in [-0.25, -0.2) is 0 Å². The van der Waals surface area contributed by atoms with Crippen LogP contribution in [0.2, 0.25) is 0 Å². The number of rotatable bonds is 6. The molecule has 0 saturated carbocycles. The van der Waals surface area contributed by atoms with Gasteiger partial charge < -0.3 is 20.7 Å². The Morgan fingerprint density at radius 1 is 1.13 bits per heavy atom. The molecule has 3 rings (SSSR count). The number of likely N-dealkylation sites (tertiary alicyclic amines) is 1. The van der Waals surface area contributed by atoms with Crippen LogP contribution in [-0.4, -0.2) is 43.0 Å². The van der Waals surface area contributed by atoms with Crippen LogP contribution < -0.4 is 15.8 Å². The van der Waals surface area contributed by atoms with Crippen LogP contribution in [0.15, 0.2) is 48.5 Å².